The van der Waals surface area contributed by atoms with Gasteiger partial charge in [-0.3, -0.25) is 0 Å². The van der Waals surface area contributed by atoms with Gasteiger partial charge in [-0.2, -0.15) is 0 Å². The van der Waals surface area contributed by atoms with Gasteiger partial charge in [0.05, 0.1) is 6.10 Å². The molecule has 1 heteroatoms. The second-order valence-corrected chi connectivity index (χ2v) is 6.28. The van der Waals surface area contributed by atoms with Crippen molar-refractivity contribution in [2.24, 2.45) is 11.8 Å². The molecule has 0 radical (unpaired) electrons. The second-order valence-electron chi connectivity index (χ2n) is 6.28. The van der Waals surface area contributed by atoms with Crippen molar-refractivity contribution < 1.29 is 5.11 Å². The Morgan fingerprint density at radius 3 is 2.00 bits per heavy atom. The molecule has 0 aliphatic heterocycles. The maximum Gasteiger partial charge on any atom is 0.0823 e. The van der Waals surface area contributed by atoms with Crippen LogP contribution in [0.3, 0.4) is 0 Å². The number of benzene rings is 1. The van der Waals surface area contributed by atoms with E-state index in [-0.39, 0.29) is 6.10 Å². The van der Waals surface area contributed by atoms with Crippen LogP contribution in [0.4, 0.5) is 0 Å². The zero-order chi connectivity index (χ0) is 13.3. The van der Waals surface area contributed by atoms with E-state index in [4.69, 9.17) is 0 Å². The molecule has 1 aromatic rings. The van der Waals surface area contributed by atoms with Gasteiger partial charge in [-0.1, -0.05) is 37.5 Å². The highest BCUT2D eigenvalue weighted by Crippen LogP contribution is 2.38. The fourth-order valence-electron chi connectivity index (χ4n) is 3.50. The van der Waals surface area contributed by atoms with Crippen LogP contribution in [0.15, 0.2) is 12.1 Å². The van der Waals surface area contributed by atoms with E-state index in [9.17, 15) is 5.11 Å². The predicted octanol–water partition coefficient (Wildman–Crippen LogP) is 4.47. The standard InChI is InChI=1S/C17H26O/c1-11-5-7-15(8-6-11)17(18)16-13(3)9-12(2)10-14(16)4/h9-11,15,17-18H,5-8H2,1-4H3. The lowest BCUT2D eigenvalue weighted by Crippen LogP contribution is -2.20. The molecule has 1 atom stereocenters. The summed E-state index contributed by atoms with van der Waals surface area (Å²) in [6.07, 6.45) is 4.62. The summed E-state index contributed by atoms with van der Waals surface area (Å²) in [7, 11) is 0. The van der Waals surface area contributed by atoms with Crippen molar-refractivity contribution >= 4 is 0 Å². The smallest absolute Gasteiger partial charge is 0.0823 e. The number of aryl methyl sites for hydroxylation is 3. The van der Waals surface area contributed by atoms with Crippen molar-refractivity contribution in [1.29, 1.82) is 0 Å². The van der Waals surface area contributed by atoms with Crippen LogP contribution in [0.5, 0.6) is 0 Å². The van der Waals surface area contributed by atoms with Gasteiger partial charge in [-0.25, -0.2) is 0 Å². The zero-order valence-corrected chi connectivity index (χ0v) is 12.2. The molecule has 1 nitrogen and oxygen atoms in total. The number of aliphatic hydroxyl groups is 1. The van der Waals surface area contributed by atoms with Crippen LogP contribution in [0, 0.1) is 32.6 Å². The summed E-state index contributed by atoms with van der Waals surface area (Å²) < 4.78 is 0. The Hall–Kier alpha value is -0.820. The van der Waals surface area contributed by atoms with Gasteiger partial charge in [0.2, 0.25) is 0 Å². The van der Waals surface area contributed by atoms with Gasteiger partial charge in [0, 0.05) is 0 Å². The quantitative estimate of drug-likeness (QED) is 0.816. The molecule has 1 aliphatic rings. The van der Waals surface area contributed by atoms with Crippen LogP contribution in [0.2, 0.25) is 0 Å². The predicted molar refractivity (Wildman–Crippen MR) is 76.7 cm³/mol. The van der Waals surface area contributed by atoms with E-state index in [0.717, 1.165) is 5.92 Å². The van der Waals surface area contributed by atoms with E-state index >= 15 is 0 Å². The van der Waals surface area contributed by atoms with Crippen LogP contribution in [0.25, 0.3) is 0 Å². The van der Waals surface area contributed by atoms with Crippen molar-refractivity contribution in [1.82, 2.24) is 0 Å². The van der Waals surface area contributed by atoms with Crippen molar-refractivity contribution in [3.05, 3.63) is 34.4 Å². The molecule has 0 heterocycles. The maximum absolute atomic E-state index is 10.7. The first-order chi connectivity index (χ1) is 8.49. The van der Waals surface area contributed by atoms with E-state index in [0.29, 0.717) is 5.92 Å². The highest BCUT2D eigenvalue weighted by Gasteiger charge is 2.27. The molecule has 0 saturated heterocycles. The molecule has 0 aromatic heterocycles. The van der Waals surface area contributed by atoms with Crippen LogP contribution in [-0.4, -0.2) is 5.11 Å². The molecule has 18 heavy (non-hydrogen) atoms. The molecule has 1 saturated carbocycles. The Bertz CT molecular complexity index is 391. The Balaban J connectivity index is 2.21. The highest BCUT2D eigenvalue weighted by molar-refractivity contribution is 5.39. The van der Waals surface area contributed by atoms with Crippen LogP contribution >= 0.6 is 0 Å². The molecule has 0 bridgehead atoms. The Labute approximate surface area is 111 Å². The largest absolute Gasteiger partial charge is 0.388 e. The molecular formula is C17H26O. The average molecular weight is 246 g/mol. The molecule has 1 fully saturated rings. The van der Waals surface area contributed by atoms with E-state index in [1.165, 1.54) is 47.9 Å². The van der Waals surface area contributed by atoms with E-state index in [1.54, 1.807) is 0 Å². The summed E-state index contributed by atoms with van der Waals surface area (Å²) in [5.74, 6) is 1.30. The van der Waals surface area contributed by atoms with Gasteiger partial charge in [-0.15, -0.1) is 0 Å². The summed E-state index contributed by atoms with van der Waals surface area (Å²) in [6.45, 7) is 8.71. The van der Waals surface area contributed by atoms with Gasteiger partial charge in [0.15, 0.2) is 0 Å². The summed E-state index contributed by atoms with van der Waals surface area (Å²) in [5, 5.41) is 10.7. The minimum atomic E-state index is -0.266. The third-order valence-electron chi connectivity index (χ3n) is 4.54. The first-order valence-corrected chi connectivity index (χ1v) is 7.25. The molecule has 1 aliphatic carbocycles. The molecule has 0 amide bonds. The van der Waals surface area contributed by atoms with Crippen molar-refractivity contribution in [2.75, 3.05) is 0 Å². The molecule has 1 aromatic carbocycles. The van der Waals surface area contributed by atoms with Crippen LogP contribution in [0.1, 0.15) is 61.0 Å². The molecule has 2 rings (SSSR count). The molecule has 1 N–H and O–H groups in total. The van der Waals surface area contributed by atoms with Crippen LogP contribution in [-0.2, 0) is 0 Å². The SMILES string of the molecule is Cc1cc(C)c(C(O)C2CCC(C)CC2)c(C)c1. The minimum absolute atomic E-state index is 0.266. The third-order valence-corrected chi connectivity index (χ3v) is 4.54. The van der Waals surface area contributed by atoms with E-state index in [2.05, 4.69) is 39.8 Å². The average Bonchev–Trinajstić information content (AvgIpc) is 2.28. The number of aliphatic hydroxyl groups excluding tert-OH is 1. The summed E-state index contributed by atoms with van der Waals surface area (Å²) in [4.78, 5) is 0. The van der Waals surface area contributed by atoms with Crippen molar-refractivity contribution in [2.45, 2.75) is 59.5 Å². The molecule has 0 spiro atoms. The van der Waals surface area contributed by atoms with Gasteiger partial charge in [-0.05, 0) is 62.1 Å². The lowest BCUT2D eigenvalue weighted by atomic mass is 9.77. The third kappa shape index (κ3) is 2.77. The van der Waals surface area contributed by atoms with Gasteiger partial charge in [0.1, 0.15) is 0 Å². The van der Waals surface area contributed by atoms with Crippen LogP contribution < -0.4 is 0 Å². The summed E-state index contributed by atoms with van der Waals surface area (Å²) >= 11 is 0. The molecular weight excluding hydrogens is 220 g/mol. The first kappa shape index (κ1) is 13.6. The Morgan fingerprint density at radius 1 is 1.00 bits per heavy atom. The molecule has 1 unspecified atom stereocenters. The zero-order valence-electron chi connectivity index (χ0n) is 12.2. The lowest BCUT2D eigenvalue weighted by molar-refractivity contribution is 0.0746. The van der Waals surface area contributed by atoms with Gasteiger partial charge in [0.25, 0.3) is 0 Å². The summed E-state index contributed by atoms with van der Waals surface area (Å²) in [6, 6.07) is 4.38. The Kier molecular flexibility index (Phi) is 4.11. The minimum Gasteiger partial charge on any atom is -0.388 e. The number of hydrogen-bond donors (Lipinski definition) is 1. The number of rotatable bonds is 2. The van der Waals surface area contributed by atoms with Gasteiger partial charge >= 0.3 is 0 Å². The summed E-state index contributed by atoms with van der Waals surface area (Å²) in [5.41, 5.74) is 4.97. The first-order valence-electron chi connectivity index (χ1n) is 7.25. The lowest BCUT2D eigenvalue weighted by Gasteiger charge is -2.31. The monoisotopic (exact) mass is 246 g/mol. The fourth-order valence-corrected chi connectivity index (χ4v) is 3.50. The van der Waals surface area contributed by atoms with Crippen molar-refractivity contribution in [3.63, 3.8) is 0 Å². The Morgan fingerprint density at radius 2 is 1.50 bits per heavy atom. The van der Waals surface area contributed by atoms with Crippen molar-refractivity contribution in [3.8, 4) is 0 Å². The van der Waals surface area contributed by atoms with Gasteiger partial charge < -0.3 is 5.11 Å². The second kappa shape index (κ2) is 5.44. The number of hydrogen-bond acceptors (Lipinski definition) is 1. The van der Waals surface area contributed by atoms with E-state index < -0.39 is 0 Å². The normalized spacial score (nSPS) is 26.1. The maximum atomic E-state index is 10.7. The van der Waals surface area contributed by atoms with E-state index in [1.807, 2.05) is 0 Å². The molecule has 100 valence electrons. The topological polar surface area (TPSA) is 20.2 Å². The fraction of sp³-hybridized carbons (Fsp3) is 0.647. The highest BCUT2D eigenvalue weighted by atomic mass is 16.3.